The maximum Gasteiger partial charge on any atom is 0.111 e. The summed E-state index contributed by atoms with van der Waals surface area (Å²) in [4.78, 5) is 0. The van der Waals surface area contributed by atoms with Gasteiger partial charge in [0.15, 0.2) is 0 Å². The highest BCUT2D eigenvalue weighted by atomic mass is 16.3. The molecule has 14 heavy (non-hydrogen) atoms. The fraction of sp³-hybridized carbons (Fsp3) is 0.727. The van der Waals surface area contributed by atoms with Crippen LogP contribution in [0.2, 0.25) is 0 Å². The van der Waals surface area contributed by atoms with Gasteiger partial charge in [-0.1, -0.05) is 19.8 Å². The molecule has 0 bridgehead atoms. The molecule has 1 aromatic rings. The number of nitrogens with zero attached hydrogens (tertiary/aromatic N) is 2. The standard InChI is InChI=1S/C11H18N2O/c1-9-5-3-4-7-11(9,14)10-6-8-13(2)12-10/h6,8-9,14H,3-5,7H2,1-2H3. The van der Waals surface area contributed by atoms with Gasteiger partial charge in [0.05, 0.1) is 5.69 Å². The van der Waals surface area contributed by atoms with Crippen LogP contribution in [0.3, 0.4) is 0 Å². The van der Waals surface area contributed by atoms with Gasteiger partial charge in [-0.15, -0.1) is 0 Å². The van der Waals surface area contributed by atoms with Crippen molar-refractivity contribution in [1.29, 1.82) is 0 Å². The Hall–Kier alpha value is -0.830. The first-order valence-corrected chi connectivity index (χ1v) is 5.35. The summed E-state index contributed by atoms with van der Waals surface area (Å²) in [5, 5.41) is 14.9. The summed E-state index contributed by atoms with van der Waals surface area (Å²) in [7, 11) is 1.89. The Bertz CT molecular complexity index is 321. The first-order valence-electron chi connectivity index (χ1n) is 5.35. The smallest absolute Gasteiger partial charge is 0.111 e. The van der Waals surface area contributed by atoms with Gasteiger partial charge in [-0.05, 0) is 24.8 Å². The van der Waals surface area contributed by atoms with Gasteiger partial charge in [-0.25, -0.2) is 0 Å². The SMILES string of the molecule is CC1CCCCC1(O)c1ccn(C)n1. The molecule has 2 atom stereocenters. The molecule has 3 nitrogen and oxygen atoms in total. The Morgan fingerprint density at radius 3 is 2.93 bits per heavy atom. The Balaban J connectivity index is 2.29. The maximum absolute atomic E-state index is 10.5. The zero-order valence-corrected chi connectivity index (χ0v) is 8.90. The highest BCUT2D eigenvalue weighted by molar-refractivity contribution is 5.13. The minimum atomic E-state index is -0.681. The fourth-order valence-electron chi connectivity index (χ4n) is 2.36. The summed E-state index contributed by atoms with van der Waals surface area (Å²) in [5.41, 5.74) is 0.159. The van der Waals surface area contributed by atoms with Gasteiger partial charge in [0.1, 0.15) is 5.60 Å². The lowest BCUT2D eigenvalue weighted by Gasteiger charge is -2.36. The van der Waals surface area contributed by atoms with Crippen LogP contribution >= 0.6 is 0 Å². The molecule has 0 aliphatic heterocycles. The summed E-state index contributed by atoms with van der Waals surface area (Å²) in [6.07, 6.45) is 6.20. The molecule has 1 saturated carbocycles. The lowest BCUT2D eigenvalue weighted by molar-refractivity contribution is -0.0509. The highest BCUT2D eigenvalue weighted by Crippen LogP contribution is 2.40. The van der Waals surface area contributed by atoms with E-state index in [1.54, 1.807) is 4.68 Å². The van der Waals surface area contributed by atoms with E-state index >= 15 is 0 Å². The molecule has 0 radical (unpaired) electrons. The first kappa shape index (κ1) is 9.71. The summed E-state index contributed by atoms with van der Waals surface area (Å²) in [5.74, 6) is 0.325. The number of aliphatic hydroxyl groups is 1. The second-order valence-corrected chi connectivity index (χ2v) is 4.45. The van der Waals surface area contributed by atoms with Gasteiger partial charge in [-0.2, -0.15) is 5.10 Å². The molecular formula is C11H18N2O. The lowest BCUT2D eigenvalue weighted by Crippen LogP contribution is -2.36. The summed E-state index contributed by atoms with van der Waals surface area (Å²) < 4.78 is 1.76. The molecule has 78 valence electrons. The Labute approximate surface area is 84.7 Å². The van der Waals surface area contributed by atoms with Crippen LogP contribution < -0.4 is 0 Å². The van der Waals surface area contributed by atoms with E-state index in [1.165, 1.54) is 6.42 Å². The van der Waals surface area contributed by atoms with Crippen molar-refractivity contribution < 1.29 is 5.11 Å². The molecule has 0 saturated heterocycles. The number of hydrogen-bond acceptors (Lipinski definition) is 2. The average molecular weight is 194 g/mol. The molecular weight excluding hydrogens is 176 g/mol. The van der Waals surface area contributed by atoms with Crippen LogP contribution in [0.25, 0.3) is 0 Å². The third-order valence-electron chi connectivity index (χ3n) is 3.42. The normalized spacial score (nSPS) is 33.2. The maximum atomic E-state index is 10.5. The molecule has 2 unspecified atom stereocenters. The molecule has 1 fully saturated rings. The zero-order chi connectivity index (χ0) is 10.2. The molecule has 0 aromatic carbocycles. The molecule has 3 heteroatoms. The van der Waals surface area contributed by atoms with Crippen LogP contribution in [-0.2, 0) is 12.6 Å². The fourth-order valence-corrected chi connectivity index (χ4v) is 2.36. The van der Waals surface area contributed by atoms with Gasteiger partial charge in [-0.3, -0.25) is 4.68 Å². The Morgan fingerprint density at radius 2 is 2.36 bits per heavy atom. The van der Waals surface area contributed by atoms with Crippen molar-refractivity contribution in [2.24, 2.45) is 13.0 Å². The van der Waals surface area contributed by atoms with Crippen molar-refractivity contribution in [3.63, 3.8) is 0 Å². The number of hydrogen-bond donors (Lipinski definition) is 1. The van der Waals surface area contributed by atoms with Crippen molar-refractivity contribution in [1.82, 2.24) is 9.78 Å². The van der Waals surface area contributed by atoms with Crippen LogP contribution in [0.5, 0.6) is 0 Å². The highest BCUT2D eigenvalue weighted by Gasteiger charge is 2.39. The summed E-state index contributed by atoms with van der Waals surface area (Å²) in [6, 6.07) is 1.93. The minimum Gasteiger partial charge on any atom is -0.383 e. The third kappa shape index (κ3) is 1.46. The van der Waals surface area contributed by atoms with E-state index in [9.17, 15) is 5.11 Å². The van der Waals surface area contributed by atoms with E-state index in [-0.39, 0.29) is 0 Å². The second-order valence-electron chi connectivity index (χ2n) is 4.45. The predicted molar refractivity (Wildman–Crippen MR) is 54.7 cm³/mol. The molecule has 1 aliphatic rings. The second kappa shape index (κ2) is 3.39. The van der Waals surface area contributed by atoms with E-state index in [1.807, 2.05) is 19.3 Å². The topological polar surface area (TPSA) is 38.0 Å². The number of aryl methyl sites for hydroxylation is 1. The van der Waals surface area contributed by atoms with Gasteiger partial charge in [0.25, 0.3) is 0 Å². The van der Waals surface area contributed by atoms with Gasteiger partial charge in [0.2, 0.25) is 0 Å². The van der Waals surface area contributed by atoms with Crippen molar-refractivity contribution in [2.75, 3.05) is 0 Å². The third-order valence-corrected chi connectivity index (χ3v) is 3.42. The van der Waals surface area contributed by atoms with Gasteiger partial charge in [0, 0.05) is 13.2 Å². The van der Waals surface area contributed by atoms with Gasteiger partial charge < -0.3 is 5.11 Å². The van der Waals surface area contributed by atoms with Crippen molar-refractivity contribution in [3.8, 4) is 0 Å². The van der Waals surface area contributed by atoms with Crippen LogP contribution in [0.15, 0.2) is 12.3 Å². The van der Waals surface area contributed by atoms with E-state index in [4.69, 9.17) is 0 Å². The number of rotatable bonds is 1. The quantitative estimate of drug-likeness (QED) is 0.740. The molecule has 0 amide bonds. The van der Waals surface area contributed by atoms with E-state index in [0.717, 1.165) is 25.0 Å². The van der Waals surface area contributed by atoms with Crippen LogP contribution in [0, 0.1) is 5.92 Å². The monoisotopic (exact) mass is 194 g/mol. The van der Waals surface area contributed by atoms with Crippen molar-refractivity contribution in [3.05, 3.63) is 18.0 Å². The summed E-state index contributed by atoms with van der Waals surface area (Å²) in [6.45, 7) is 2.12. The Kier molecular flexibility index (Phi) is 2.35. The molecule has 0 spiro atoms. The minimum absolute atomic E-state index is 0.325. The summed E-state index contributed by atoms with van der Waals surface area (Å²) >= 11 is 0. The van der Waals surface area contributed by atoms with E-state index < -0.39 is 5.60 Å². The largest absolute Gasteiger partial charge is 0.383 e. The predicted octanol–water partition coefficient (Wildman–Crippen LogP) is 1.82. The van der Waals surface area contributed by atoms with Crippen LogP contribution in [-0.4, -0.2) is 14.9 Å². The lowest BCUT2D eigenvalue weighted by atomic mass is 9.74. The average Bonchev–Trinajstić information content (AvgIpc) is 2.58. The van der Waals surface area contributed by atoms with Crippen LogP contribution in [0.1, 0.15) is 38.3 Å². The van der Waals surface area contributed by atoms with E-state index in [0.29, 0.717) is 5.92 Å². The molecule has 1 aliphatic carbocycles. The van der Waals surface area contributed by atoms with Gasteiger partial charge >= 0.3 is 0 Å². The molecule has 1 N–H and O–H groups in total. The zero-order valence-electron chi connectivity index (χ0n) is 8.90. The number of aromatic nitrogens is 2. The Morgan fingerprint density at radius 1 is 1.57 bits per heavy atom. The molecule has 1 aromatic heterocycles. The first-order chi connectivity index (χ1) is 6.63. The molecule has 2 rings (SSSR count). The van der Waals surface area contributed by atoms with Crippen molar-refractivity contribution >= 4 is 0 Å². The van der Waals surface area contributed by atoms with E-state index in [2.05, 4.69) is 12.0 Å². The van der Waals surface area contributed by atoms with Crippen molar-refractivity contribution in [2.45, 2.75) is 38.2 Å². The molecule has 1 heterocycles. The van der Waals surface area contributed by atoms with Crippen LogP contribution in [0.4, 0.5) is 0 Å².